The van der Waals surface area contributed by atoms with E-state index in [1.54, 1.807) is 7.11 Å². The summed E-state index contributed by atoms with van der Waals surface area (Å²) in [6, 6.07) is 15.8. The van der Waals surface area contributed by atoms with Crippen molar-refractivity contribution in [2.45, 2.75) is 6.10 Å². The molecule has 1 atom stereocenters. The average molecular weight is 381 g/mol. The molecular formula is C22H27N3O3. The fraction of sp³-hybridized carbons (Fsp3) is 0.364. The summed E-state index contributed by atoms with van der Waals surface area (Å²) in [6.45, 7) is 4.67. The maximum atomic E-state index is 10.3. The van der Waals surface area contributed by atoms with Crippen LogP contribution in [0.2, 0.25) is 0 Å². The van der Waals surface area contributed by atoms with Crippen LogP contribution >= 0.6 is 0 Å². The van der Waals surface area contributed by atoms with Crippen molar-refractivity contribution in [1.82, 2.24) is 9.88 Å². The molecule has 4 rings (SSSR count). The van der Waals surface area contributed by atoms with Gasteiger partial charge in [0, 0.05) is 49.8 Å². The second-order valence-corrected chi connectivity index (χ2v) is 7.15. The Morgan fingerprint density at radius 2 is 1.71 bits per heavy atom. The number of ether oxygens (including phenoxy) is 2. The molecule has 3 aromatic rings. The van der Waals surface area contributed by atoms with Gasteiger partial charge in [0.2, 0.25) is 0 Å². The highest BCUT2D eigenvalue weighted by molar-refractivity contribution is 5.92. The molecule has 1 unspecified atom stereocenters. The maximum absolute atomic E-state index is 10.3. The van der Waals surface area contributed by atoms with Crippen molar-refractivity contribution in [3.05, 3.63) is 54.7 Å². The van der Waals surface area contributed by atoms with Crippen molar-refractivity contribution in [3.63, 3.8) is 0 Å². The van der Waals surface area contributed by atoms with Crippen molar-refractivity contribution in [3.8, 4) is 11.5 Å². The number of para-hydroxylation sites is 1. The monoisotopic (exact) mass is 381 g/mol. The van der Waals surface area contributed by atoms with Crippen LogP contribution in [0.1, 0.15) is 0 Å². The third kappa shape index (κ3) is 4.24. The van der Waals surface area contributed by atoms with E-state index in [-0.39, 0.29) is 6.61 Å². The lowest BCUT2D eigenvalue weighted by Crippen LogP contribution is -2.49. The zero-order valence-corrected chi connectivity index (χ0v) is 16.2. The number of benzene rings is 2. The molecular weight excluding hydrogens is 354 g/mol. The van der Waals surface area contributed by atoms with E-state index in [4.69, 9.17) is 9.47 Å². The van der Waals surface area contributed by atoms with Crippen molar-refractivity contribution in [1.29, 1.82) is 0 Å². The van der Waals surface area contributed by atoms with E-state index in [1.165, 1.54) is 16.6 Å². The van der Waals surface area contributed by atoms with Gasteiger partial charge in [-0.05, 0) is 30.3 Å². The molecule has 0 aliphatic carbocycles. The van der Waals surface area contributed by atoms with Crippen LogP contribution in [0.25, 0.3) is 10.9 Å². The summed E-state index contributed by atoms with van der Waals surface area (Å²) in [4.78, 5) is 8.06. The predicted octanol–water partition coefficient (Wildman–Crippen LogP) is 2.74. The zero-order chi connectivity index (χ0) is 19.3. The molecule has 28 heavy (non-hydrogen) atoms. The number of aliphatic hydroxyl groups is 1. The number of hydrogen-bond acceptors (Lipinski definition) is 5. The highest BCUT2D eigenvalue weighted by Gasteiger charge is 2.21. The number of piperazine rings is 1. The third-order valence-corrected chi connectivity index (χ3v) is 5.25. The van der Waals surface area contributed by atoms with Gasteiger partial charge in [-0.2, -0.15) is 0 Å². The summed E-state index contributed by atoms with van der Waals surface area (Å²) in [5.41, 5.74) is 2.43. The Morgan fingerprint density at radius 1 is 1.00 bits per heavy atom. The Balaban J connectivity index is 1.24. The molecule has 0 radical (unpaired) electrons. The lowest BCUT2D eigenvalue weighted by atomic mass is 10.2. The number of H-pyrrole nitrogens is 1. The van der Waals surface area contributed by atoms with E-state index in [1.807, 2.05) is 24.3 Å². The molecule has 0 spiro atoms. The molecule has 2 aromatic carbocycles. The van der Waals surface area contributed by atoms with E-state index in [0.717, 1.165) is 37.7 Å². The molecule has 2 heterocycles. The van der Waals surface area contributed by atoms with Crippen LogP contribution in [0.5, 0.6) is 11.5 Å². The predicted molar refractivity (Wildman–Crippen MR) is 111 cm³/mol. The van der Waals surface area contributed by atoms with Gasteiger partial charge in [-0.3, -0.25) is 4.90 Å². The summed E-state index contributed by atoms with van der Waals surface area (Å²) in [5, 5.41) is 11.6. The molecule has 148 valence electrons. The first kappa shape index (κ1) is 18.7. The number of β-amino-alcohol motifs (C(OH)–C–C–N with tert-alkyl or cyclic N) is 1. The summed E-state index contributed by atoms with van der Waals surface area (Å²) in [7, 11) is 1.64. The molecule has 1 fully saturated rings. The second-order valence-electron chi connectivity index (χ2n) is 7.15. The Labute approximate surface area is 165 Å². The normalized spacial score (nSPS) is 16.3. The summed E-state index contributed by atoms with van der Waals surface area (Å²) in [6.07, 6.45) is 1.58. The van der Waals surface area contributed by atoms with Crippen LogP contribution in [0, 0.1) is 0 Å². The average Bonchev–Trinajstić information content (AvgIpc) is 3.17. The minimum absolute atomic E-state index is 0.287. The van der Waals surface area contributed by atoms with Gasteiger partial charge in [0.25, 0.3) is 0 Å². The maximum Gasteiger partial charge on any atom is 0.119 e. The van der Waals surface area contributed by atoms with Crippen LogP contribution in [0.15, 0.2) is 54.7 Å². The number of rotatable bonds is 7. The number of anilines is 1. The molecule has 1 aromatic heterocycles. The lowest BCUT2D eigenvalue weighted by molar-refractivity contribution is 0.0663. The van der Waals surface area contributed by atoms with Crippen molar-refractivity contribution < 1.29 is 14.6 Å². The smallest absolute Gasteiger partial charge is 0.119 e. The first-order valence-corrected chi connectivity index (χ1v) is 9.71. The third-order valence-electron chi connectivity index (χ3n) is 5.25. The fourth-order valence-corrected chi connectivity index (χ4v) is 3.70. The molecule has 0 bridgehead atoms. The largest absolute Gasteiger partial charge is 0.497 e. The van der Waals surface area contributed by atoms with E-state index in [0.29, 0.717) is 6.54 Å². The SMILES string of the molecule is COc1ccc(OCC(O)CN2CCN(c3c[nH]c4ccccc34)CC2)cc1. The van der Waals surface area contributed by atoms with Crippen LogP contribution in [0.3, 0.4) is 0 Å². The van der Waals surface area contributed by atoms with E-state index in [9.17, 15) is 5.11 Å². The van der Waals surface area contributed by atoms with Gasteiger partial charge in [0.1, 0.15) is 24.2 Å². The van der Waals surface area contributed by atoms with Gasteiger partial charge in [-0.25, -0.2) is 0 Å². The van der Waals surface area contributed by atoms with Gasteiger partial charge < -0.3 is 24.5 Å². The zero-order valence-electron chi connectivity index (χ0n) is 16.2. The molecule has 1 saturated heterocycles. The molecule has 0 saturated carbocycles. The Morgan fingerprint density at radius 3 is 2.46 bits per heavy atom. The van der Waals surface area contributed by atoms with Crippen LogP contribution < -0.4 is 14.4 Å². The molecule has 6 heteroatoms. The molecule has 2 N–H and O–H groups in total. The fourth-order valence-electron chi connectivity index (χ4n) is 3.70. The molecule has 0 amide bonds. The number of fused-ring (bicyclic) bond motifs is 1. The van der Waals surface area contributed by atoms with Crippen LogP contribution in [0.4, 0.5) is 5.69 Å². The summed E-state index contributed by atoms with van der Waals surface area (Å²) in [5.74, 6) is 1.53. The minimum atomic E-state index is -0.512. The van der Waals surface area contributed by atoms with Gasteiger partial charge in [-0.1, -0.05) is 18.2 Å². The topological polar surface area (TPSA) is 61.0 Å². The van der Waals surface area contributed by atoms with Gasteiger partial charge in [0.05, 0.1) is 12.8 Å². The second kappa shape index (κ2) is 8.54. The number of hydrogen-bond donors (Lipinski definition) is 2. The Bertz CT molecular complexity index is 885. The number of aromatic nitrogens is 1. The first-order chi connectivity index (χ1) is 13.7. The van der Waals surface area contributed by atoms with Gasteiger partial charge in [0.15, 0.2) is 0 Å². The number of nitrogens with zero attached hydrogens (tertiary/aromatic N) is 2. The highest BCUT2D eigenvalue weighted by Crippen LogP contribution is 2.27. The lowest BCUT2D eigenvalue weighted by Gasteiger charge is -2.36. The highest BCUT2D eigenvalue weighted by atomic mass is 16.5. The van der Waals surface area contributed by atoms with Crippen molar-refractivity contribution in [2.75, 3.05) is 51.3 Å². The summed E-state index contributed by atoms with van der Waals surface area (Å²) < 4.78 is 10.8. The van der Waals surface area contributed by atoms with E-state index >= 15 is 0 Å². The standard InChI is InChI=1S/C22H27N3O3/c1-27-18-6-8-19(9-7-18)28-16-17(26)15-24-10-12-25(13-11-24)22-14-23-21-5-3-2-4-20(21)22/h2-9,14,17,23,26H,10-13,15-16H2,1H3. The number of nitrogens with one attached hydrogen (secondary N) is 1. The molecule has 1 aliphatic rings. The molecule has 6 nitrogen and oxygen atoms in total. The van der Waals surface area contributed by atoms with Gasteiger partial charge in [-0.15, -0.1) is 0 Å². The number of aromatic amines is 1. The minimum Gasteiger partial charge on any atom is -0.497 e. The number of aliphatic hydroxyl groups excluding tert-OH is 1. The van der Waals surface area contributed by atoms with Crippen molar-refractivity contribution >= 4 is 16.6 Å². The van der Waals surface area contributed by atoms with E-state index < -0.39 is 6.10 Å². The van der Waals surface area contributed by atoms with Gasteiger partial charge >= 0.3 is 0 Å². The Kier molecular flexibility index (Phi) is 5.69. The quantitative estimate of drug-likeness (QED) is 0.659. The summed E-state index contributed by atoms with van der Waals surface area (Å²) >= 11 is 0. The first-order valence-electron chi connectivity index (χ1n) is 9.71. The Hall–Kier alpha value is -2.70. The van der Waals surface area contributed by atoms with E-state index in [2.05, 4.69) is 45.2 Å². The number of methoxy groups -OCH3 is 1. The van der Waals surface area contributed by atoms with Crippen molar-refractivity contribution in [2.24, 2.45) is 0 Å². The van der Waals surface area contributed by atoms with Crippen LogP contribution in [-0.2, 0) is 0 Å². The molecule has 1 aliphatic heterocycles. The van der Waals surface area contributed by atoms with Crippen LogP contribution in [-0.4, -0.2) is 67.5 Å².